The van der Waals surface area contributed by atoms with E-state index in [4.69, 9.17) is 16.3 Å². The van der Waals surface area contributed by atoms with Gasteiger partial charge in [0.15, 0.2) is 0 Å². The van der Waals surface area contributed by atoms with Crippen molar-refractivity contribution in [1.29, 1.82) is 0 Å². The second-order valence-electron chi connectivity index (χ2n) is 12.1. The first kappa shape index (κ1) is 30.4. The Labute approximate surface area is 241 Å². The van der Waals surface area contributed by atoms with Gasteiger partial charge in [-0.05, 0) is 75.9 Å². The Hall–Kier alpha value is -2.55. The minimum Gasteiger partial charge on any atom is -0.468 e. The maximum Gasteiger partial charge on any atom is 0.323 e. The molecule has 0 aromatic heterocycles. The fraction of sp³-hybridized carbons (Fsp3) is 0.548. The van der Waals surface area contributed by atoms with Crippen LogP contribution in [-0.2, 0) is 20.7 Å². The lowest BCUT2D eigenvalue weighted by atomic mass is 9.87. The molecule has 0 saturated carbocycles. The van der Waals surface area contributed by atoms with Crippen molar-refractivity contribution in [3.05, 3.63) is 69.7 Å². The van der Waals surface area contributed by atoms with E-state index in [9.17, 15) is 18.4 Å². The summed E-state index contributed by atoms with van der Waals surface area (Å²) in [5, 5.41) is 0.646. The quantitative estimate of drug-likeness (QED) is 0.451. The molecule has 9 heteroatoms. The lowest BCUT2D eigenvalue weighted by Crippen LogP contribution is -2.59. The lowest BCUT2D eigenvalue weighted by Gasteiger charge is -2.43. The average molecular weight is 576 g/mol. The summed E-state index contributed by atoms with van der Waals surface area (Å²) in [5.41, 5.74) is 2.19. The summed E-state index contributed by atoms with van der Waals surface area (Å²) < 4.78 is 33.8. The molecule has 0 aliphatic carbocycles. The Morgan fingerprint density at radius 2 is 1.80 bits per heavy atom. The van der Waals surface area contributed by atoms with E-state index in [2.05, 4.69) is 30.6 Å². The van der Waals surface area contributed by atoms with Crippen LogP contribution in [0.15, 0.2) is 36.4 Å². The predicted molar refractivity (Wildman–Crippen MR) is 152 cm³/mol. The minimum absolute atomic E-state index is 0.0317. The number of rotatable bonds is 6. The van der Waals surface area contributed by atoms with Crippen LogP contribution in [-0.4, -0.2) is 84.0 Å². The minimum atomic E-state index is -0.631. The van der Waals surface area contributed by atoms with Crippen LogP contribution in [0.25, 0.3) is 0 Å². The molecule has 2 aliphatic heterocycles. The molecular weight excluding hydrogens is 536 g/mol. The molecule has 4 atom stereocenters. The molecule has 2 aromatic carbocycles. The third-order valence-electron chi connectivity index (χ3n) is 8.52. The first-order chi connectivity index (χ1) is 18.8. The number of aryl methyl sites for hydroxylation is 1. The standard InChI is InChI=1S/C31H40ClF2N3O3/c1-19-13-22(32)8-7-21(19)14-28(30(39)40-6)35-11-12-37(20(2)16-35)29(38)26-18-36(31(3,4)5)17-25(26)24-10-9-23(33)15-27(24)34/h7-10,13,15,20,25-26,28H,11-12,14,16-18H2,1-6H3/t20-,25?,26+,28-/m0/s1. The summed E-state index contributed by atoms with van der Waals surface area (Å²) in [6.07, 6.45) is 0.478. The number of hydrogen-bond acceptors (Lipinski definition) is 5. The van der Waals surface area contributed by atoms with Crippen molar-refractivity contribution in [2.75, 3.05) is 39.8 Å². The highest BCUT2D eigenvalue weighted by molar-refractivity contribution is 6.30. The van der Waals surface area contributed by atoms with E-state index in [1.807, 2.05) is 36.9 Å². The Kier molecular flexibility index (Phi) is 9.22. The zero-order valence-electron chi connectivity index (χ0n) is 24.2. The summed E-state index contributed by atoms with van der Waals surface area (Å²) >= 11 is 6.13. The van der Waals surface area contributed by atoms with Crippen molar-refractivity contribution >= 4 is 23.5 Å². The van der Waals surface area contributed by atoms with Crippen LogP contribution < -0.4 is 0 Å². The number of likely N-dealkylation sites (tertiary alicyclic amines) is 1. The molecule has 1 unspecified atom stereocenters. The largest absolute Gasteiger partial charge is 0.468 e. The maximum absolute atomic E-state index is 14.9. The highest BCUT2D eigenvalue weighted by Crippen LogP contribution is 2.39. The van der Waals surface area contributed by atoms with Gasteiger partial charge >= 0.3 is 5.97 Å². The Balaban J connectivity index is 1.53. The van der Waals surface area contributed by atoms with Crippen LogP contribution in [0.5, 0.6) is 0 Å². The van der Waals surface area contributed by atoms with E-state index in [0.29, 0.717) is 49.7 Å². The summed E-state index contributed by atoms with van der Waals surface area (Å²) in [6.45, 7) is 12.7. The van der Waals surface area contributed by atoms with E-state index in [1.165, 1.54) is 19.2 Å². The number of hydrogen-bond donors (Lipinski definition) is 0. The molecule has 4 rings (SSSR count). The highest BCUT2D eigenvalue weighted by Gasteiger charge is 2.46. The predicted octanol–water partition coefficient (Wildman–Crippen LogP) is 5.06. The van der Waals surface area contributed by atoms with Gasteiger partial charge in [0, 0.05) is 61.3 Å². The number of carbonyl (C=O) groups is 2. The number of carbonyl (C=O) groups excluding carboxylic acids is 2. The highest BCUT2D eigenvalue weighted by atomic mass is 35.5. The Morgan fingerprint density at radius 3 is 2.40 bits per heavy atom. The molecule has 1 amide bonds. The number of piperazine rings is 1. The normalized spacial score (nSPS) is 23.3. The zero-order chi connectivity index (χ0) is 29.4. The van der Waals surface area contributed by atoms with Crippen molar-refractivity contribution in [3.63, 3.8) is 0 Å². The van der Waals surface area contributed by atoms with Crippen LogP contribution in [0.1, 0.15) is 50.3 Å². The number of nitrogens with zero attached hydrogens (tertiary/aromatic N) is 3. The van der Waals surface area contributed by atoms with Gasteiger partial charge < -0.3 is 9.64 Å². The number of amides is 1. The van der Waals surface area contributed by atoms with Crippen LogP contribution in [0.2, 0.25) is 5.02 Å². The van der Waals surface area contributed by atoms with Gasteiger partial charge in [-0.2, -0.15) is 0 Å². The Morgan fingerprint density at radius 1 is 1.07 bits per heavy atom. The van der Waals surface area contributed by atoms with E-state index in [-0.39, 0.29) is 29.4 Å². The molecule has 0 radical (unpaired) electrons. The monoisotopic (exact) mass is 575 g/mol. The molecule has 2 fully saturated rings. The summed E-state index contributed by atoms with van der Waals surface area (Å²) in [7, 11) is 1.39. The second kappa shape index (κ2) is 12.1. The zero-order valence-corrected chi connectivity index (χ0v) is 25.0. The number of halogens is 3. The lowest BCUT2D eigenvalue weighted by molar-refractivity contribution is -0.150. The van der Waals surface area contributed by atoms with E-state index in [1.54, 1.807) is 0 Å². The number of methoxy groups -OCH3 is 1. The second-order valence-corrected chi connectivity index (χ2v) is 12.6. The van der Waals surface area contributed by atoms with E-state index >= 15 is 0 Å². The van der Waals surface area contributed by atoms with Crippen LogP contribution >= 0.6 is 11.6 Å². The molecule has 2 aromatic rings. The maximum atomic E-state index is 14.9. The summed E-state index contributed by atoms with van der Waals surface area (Å²) in [5.74, 6) is -2.43. The van der Waals surface area contributed by atoms with E-state index in [0.717, 1.165) is 17.2 Å². The van der Waals surface area contributed by atoms with Crippen molar-refractivity contribution < 1.29 is 23.1 Å². The molecule has 2 heterocycles. The first-order valence-corrected chi connectivity index (χ1v) is 14.2. The molecule has 2 saturated heterocycles. The smallest absolute Gasteiger partial charge is 0.323 e. The van der Waals surface area contributed by atoms with Gasteiger partial charge in [0.25, 0.3) is 0 Å². The topological polar surface area (TPSA) is 53.1 Å². The van der Waals surface area contributed by atoms with Crippen molar-refractivity contribution in [2.45, 2.75) is 64.6 Å². The van der Waals surface area contributed by atoms with Gasteiger partial charge in [0.1, 0.15) is 17.7 Å². The van der Waals surface area contributed by atoms with Crippen LogP contribution in [0, 0.1) is 24.5 Å². The first-order valence-electron chi connectivity index (χ1n) is 13.9. The Bertz CT molecular complexity index is 1250. The van der Waals surface area contributed by atoms with Crippen molar-refractivity contribution in [2.24, 2.45) is 5.92 Å². The van der Waals surface area contributed by atoms with Crippen molar-refractivity contribution in [1.82, 2.24) is 14.7 Å². The van der Waals surface area contributed by atoms with Crippen LogP contribution in [0.4, 0.5) is 8.78 Å². The molecule has 0 spiro atoms. The molecule has 0 bridgehead atoms. The van der Waals surface area contributed by atoms with Crippen molar-refractivity contribution in [3.8, 4) is 0 Å². The summed E-state index contributed by atoms with van der Waals surface area (Å²) in [4.78, 5) is 33.1. The number of benzene rings is 2. The SMILES string of the molecule is COC(=O)[C@H](Cc1ccc(Cl)cc1C)N1CCN(C(=O)[C@@H]2CN(C(C)(C)C)CC2c2ccc(F)cc2F)[C@@H](C)C1. The molecule has 2 aliphatic rings. The fourth-order valence-corrected chi connectivity index (χ4v) is 6.35. The molecule has 218 valence electrons. The third-order valence-corrected chi connectivity index (χ3v) is 8.76. The third kappa shape index (κ3) is 6.50. The molecule has 6 nitrogen and oxygen atoms in total. The molecule has 0 N–H and O–H groups in total. The van der Waals surface area contributed by atoms with Gasteiger partial charge in [-0.1, -0.05) is 23.7 Å². The average Bonchev–Trinajstić information content (AvgIpc) is 3.33. The van der Waals surface area contributed by atoms with Gasteiger partial charge in [-0.3, -0.25) is 19.4 Å². The van der Waals surface area contributed by atoms with Gasteiger partial charge in [-0.25, -0.2) is 8.78 Å². The van der Waals surface area contributed by atoms with Crippen LogP contribution in [0.3, 0.4) is 0 Å². The van der Waals surface area contributed by atoms with Gasteiger partial charge in [-0.15, -0.1) is 0 Å². The van der Waals surface area contributed by atoms with Gasteiger partial charge in [0.2, 0.25) is 5.91 Å². The fourth-order valence-electron chi connectivity index (χ4n) is 6.12. The number of esters is 1. The summed E-state index contributed by atoms with van der Waals surface area (Å²) in [6, 6.07) is 8.61. The molecular formula is C31H40ClF2N3O3. The number of ether oxygens (including phenoxy) is 1. The van der Waals surface area contributed by atoms with E-state index < -0.39 is 23.6 Å². The van der Waals surface area contributed by atoms with Gasteiger partial charge in [0.05, 0.1) is 13.0 Å². The molecule has 40 heavy (non-hydrogen) atoms.